The van der Waals surface area contributed by atoms with Gasteiger partial charge in [-0.2, -0.15) is 0 Å². The van der Waals surface area contributed by atoms with Gasteiger partial charge >= 0.3 is 6.03 Å². The van der Waals surface area contributed by atoms with E-state index in [9.17, 15) is 18.0 Å². The highest BCUT2D eigenvalue weighted by Crippen LogP contribution is 2.19. The number of carbonyl (C=O) groups is 1. The van der Waals surface area contributed by atoms with Gasteiger partial charge in [-0.15, -0.1) is 0 Å². The Morgan fingerprint density at radius 3 is 2.21 bits per heavy atom. The first-order chi connectivity index (χ1) is 9.08. The number of nitrogens with one attached hydrogen (secondary N) is 2. The molecule has 6 heteroatoms. The van der Waals surface area contributed by atoms with E-state index >= 15 is 0 Å². The molecule has 0 aromatic heterocycles. The largest absolute Gasteiger partial charge is 0.323 e. The van der Waals surface area contributed by atoms with E-state index in [1.807, 2.05) is 0 Å². The van der Waals surface area contributed by atoms with E-state index in [1.165, 1.54) is 0 Å². The molecule has 3 nitrogen and oxygen atoms in total. The lowest BCUT2D eigenvalue weighted by Crippen LogP contribution is -2.20. The van der Waals surface area contributed by atoms with Crippen LogP contribution in [0.5, 0.6) is 0 Å². The van der Waals surface area contributed by atoms with Gasteiger partial charge in [-0.25, -0.2) is 18.0 Å². The number of rotatable bonds is 2. The summed E-state index contributed by atoms with van der Waals surface area (Å²) < 4.78 is 39.0. The summed E-state index contributed by atoms with van der Waals surface area (Å²) in [6, 6.07) is 9.34. The number of amides is 2. The molecule has 0 radical (unpaired) electrons. The predicted molar refractivity (Wildman–Crippen MR) is 65.4 cm³/mol. The van der Waals surface area contributed by atoms with Crippen LogP contribution in [0.3, 0.4) is 0 Å². The Hall–Kier alpha value is -2.50. The number of benzene rings is 2. The first-order valence-electron chi connectivity index (χ1n) is 5.34. The summed E-state index contributed by atoms with van der Waals surface area (Å²) in [7, 11) is 0. The Labute approximate surface area is 107 Å². The molecule has 0 fully saturated rings. The molecule has 0 aliphatic heterocycles. The van der Waals surface area contributed by atoms with Crippen LogP contribution in [0.2, 0.25) is 0 Å². The van der Waals surface area contributed by atoms with E-state index in [-0.39, 0.29) is 0 Å². The van der Waals surface area contributed by atoms with E-state index < -0.39 is 29.2 Å². The fraction of sp³-hybridized carbons (Fsp3) is 0. The number of hydrogen-bond donors (Lipinski definition) is 2. The van der Waals surface area contributed by atoms with Crippen molar-refractivity contribution in [2.45, 2.75) is 0 Å². The van der Waals surface area contributed by atoms with Crippen molar-refractivity contribution in [3.8, 4) is 0 Å². The van der Waals surface area contributed by atoms with Crippen LogP contribution < -0.4 is 10.6 Å². The number of carbonyl (C=O) groups excluding carboxylic acids is 1. The van der Waals surface area contributed by atoms with Crippen LogP contribution in [0.15, 0.2) is 42.5 Å². The summed E-state index contributed by atoms with van der Waals surface area (Å²) in [5, 5.41) is 4.51. The zero-order valence-corrected chi connectivity index (χ0v) is 9.58. The average Bonchev–Trinajstić information content (AvgIpc) is 2.41. The summed E-state index contributed by atoms with van der Waals surface area (Å²) in [5.74, 6) is -4.38. The molecule has 0 aliphatic rings. The Bertz CT molecular complexity index is 602. The third-order valence-corrected chi connectivity index (χ3v) is 2.32. The van der Waals surface area contributed by atoms with Crippen molar-refractivity contribution in [3.63, 3.8) is 0 Å². The zero-order valence-electron chi connectivity index (χ0n) is 9.58. The highest BCUT2D eigenvalue weighted by Gasteiger charge is 2.15. The molecular weight excluding hydrogens is 257 g/mol. The fourth-order valence-electron chi connectivity index (χ4n) is 1.43. The maximum Gasteiger partial charge on any atom is 0.323 e. The van der Waals surface area contributed by atoms with Gasteiger partial charge in [0.1, 0.15) is 0 Å². The molecule has 0 spiro atoms. The molecule has 2 rings (SSSR count). The third-order valence-electron chi connectivity index (χ3n) is 2.32. The van der Waals surface area contributed by atoms with Crippen LogP contribution in [0.4, 0.5) is 29.3 Å². The number of hydrogen-bond acceptors (Lipinski definition) is 1. The second-order valence-corrected chi connectivity index (χ2v) is 3.67. The molecular formula is C13H9F3N2O. The van der Waals surface area contributed by atoms with E-state index in [2.05, 4.69) is 10.6 Å². The lowest BCUT2D eigenvalue weighted by Gasteiger charge is -2.08. The standard InChI is InChI=1S/C13H9F3N2O/c14-9-6-7-10(12(16)11(9)15)18-13(19)17-8-4-2-1-3-5-8/h1-7H,(H2,17,18,19). The molecule has 98 valence electrons. The lowest BCUT2D eigenvalue weighted by atomic mass is 10.3. The van der Waals surface area contributed by atoms with Crippen molar-refractivity contribution in [2.75, 3.05) is 10.6 Å². The second-order valence-electron chi connectivity index (χ2n) is 3.67. The molecule has 0 saturated carbocycles. The van der Waals surface area contributed by atoms with Crippen molar-refractivity contribution in [1.82, 2.24) is 0 Å². The van der Waals surface area contributed by atoms with Crippen LogP contribution in [-0.2, 0) is 0 Å². The van der Waals surface area contributed by atoms with Gasteiger partial charge in [-0.3, -0.25) is 0 Å². The first-order valence-corrected chi connectivity index (χ1v) is 5.34. The highest BCUT2D eigenvalue weighted by atomic mass is 19.2. The smallest absolute Gasteiger partial charge is 0.308 e. The molecule has 0 heterocycles. The molecule has 2 amide bonds. The van der Waals surface area contributed by atoms with Gasteiger partial charge in [-0.1, -0.05) is 18.2 Å². The van der Waals surface area contributed by atoms with Gasteiger partial charge < -0.3 is 10.6 Å². The summed E-state index contributed by atoms with van der Waals surface area (Å²) >= 11 is 0. The quantitative estimate of drug-likeness (QED) is 0.798. The van der Waals surface area contributed by atoms with Crippen LogP contribution >= 0.6 is 0 Å². The minimum absolute atomic E-state index is 0.438. The van der Waals surface area contributed by atoms with Crippen molar-refractivity contribution < 1.29 is 18.0 Å². The Morgan fingerprint density at radius 1 is 0.842 bits per heavy atom. The van der Waals surface area contributed by atoms with Gasteiger partial charge in [0.2, 0.25) is 0 Å². The van der Waals surface area contributed by atoms with E-state index in [1.54, 1.807) is 30.3 Å². The molecule has 2 aromatic carbocycles. The Morgan fingerprint density at radius 2 is 1.53 bits per heavy atom. The van der Waals surface area contributed by atoms with Gasteiger partial charge in [-0.05, 0) is 24.3 Å². The monoisotopic (exact) mass is 266 g/mol. The first kappa shape index (κ1) is 12.9. The van der Waals surface area contributed by atoms with Gasteiger partial charge in [0.25, 0.3) is 0 Å². The normalized spacial score (nSPS) is 10.1. The van der Waals surface area contributed by atoms with Crippen LogP contribution in [-0.4, -0.2) is 6.03 Å². The molecule has 2 N–H and O–H groups in total. The number of para-hydroxylation sites is 1. The van der Waals surface area contributed by atoms with E-state index in [0.29, 0.717) is 5.69 Å². The number of halogens is 3. The predicted octanol–water partition coefficient (Wildman–Crippen LogP) is 3.75. The number of anilines is 2. The Kier molecular flexibility index (Phi) is 3.70. The maximum atomic E-state index is 13.3. The fourth-order valence-corrected chi connectivity index (χ4v) is 1.43. The maximum absolute atomic E-state index is 13.3. The average molecular weight is 266 g/mol. The van der Waals surface area contributed by atoms with E-state index in [4.69, 9.17) is 0 Å². The SMILES string of the molecule is O=C(Nc1ccccc1)Nc1ccc(F)c(F)c1F. The van der Waals surface area contributed by atoms with E-state index in [0.717, 1.165) is 12.1 Å². The van der Waals surface area contributed by atoms with Gasteiger partial charge in [0.05, 0.1) is 5.69 Å². The third kappa shape index (κ3) is 3.04. The van der Waals surface area contributed by atoms with Crippen molar-refractivity contribution in [1.29, 1.82) is 0 Å². The van der Waals surface area contributed by atoms with Crippen LogP contribution in [0.1, 0.15) is 0 Å². The van der Waals surface area contributed by atoms with Gasteiger partial charge in [0.15, 0.2) is 17.5 Å². The van der Waals surface area contributed by atoms with Gasteiger partial charge in [0, 0.05) is 5.69 Å². The summed E-state index contributed by atoms with van der Waals surface area (Å²) in [4.78, 5) is 11.5. The second kappa shape index (κ2) is 5.43. The summed E-state index contributed by atoms with van der Waals surface area (Å²) in [6.45, 7) is 0. The van der Waals surface area contributed by atoms with Crippen LogP contribution in [0.25, 0.3) is 0 Å². The molecule has 0 bridgehead atoms. The van der Waals surface area contributed by atoms with Crippen molar-refractivity contribution in [2.24, 2.45) is 0 Å². The molecule has 0 saturated heterocycles. The molecule has 2 aromatic rings. The minimum Gasteiger partial charge on any atom is -0.308 e. The highest BCUT2D eigenvalue weighted by molar-refractivity contribution is 5.99. The molecule has 0 atom stereocenters. The van der Waals surface area contributed by atoms with Crippen molar-refractivity contribution >= 4 is 17.4 Å². The molecule has 0 aliphatic carbocycles. The Balaban J connectivity index is 2.10. The van der Waals surface area contributed by atoms with Crippen LogP contribution in [0, 0.1) is 17.5 Å². The minimum atomic E-state index is -1.63. The molecule has 19 heavy (non-hydrogen) atoms. The lowest BCUT2D eigenvalue weighted by molar-refractivity contribution is 0.262. The van der Waals surface area contributed by atoms with Crippen molar-refractivity contribution in [3.05, 3.63) is 59.9 Å². The zero-order chi connectivity index (χ0) is 13.8. The molecule has 0 unspecified atom stereocenters. The summed E-state index contributed by atoms with van der Waals surface area (Å²) in [5.41, 5.74) is 0.0512. The number of urea groups is 1. The topological polar surface area (TPSA) is 41.1 Å². The summed E-state index contributed by atoms with van der Waals surface area (Å²) in [6.07, 6.45) is 0.